The van der Waals surface area contributed by atoms with Crippen molar-refractivity contribution in [2.24, 2.45) is 0 Å². The Hall–Kier alpha value is -2.30. The van der Waals surface area contributed by atoms with Crippen molar-refractivity contribution in [2.45, 2.75) is 6.92 Å². The van der Waals surface area contributed by atoms with E-state index in [0.717, 1.165) is 5.39 Å². The summed E-state index contributed by atoms with van der Waals surface area (Å²) in [6.07, 6.45) is 0. The zero-order chi connectivity index (χ0) is 13.8. The number of furan rings is 1. The lowest BCUT2D eigenvalue weighted by molar-refractivity contribution is -0.141. The standard InChI is InChI=1S/C14H15NO4/c1-3-15(9-13(16)18-2)14(17)12-8-10-6-4-5-7-11(10)19-12/h4-8H,3,9H2,1-2H3. The fourth-order valence-electron chi connectivity index (χ4n) is 1.79. The Labute approximate surface area is 110 Å². The summed E-state index contributed by atoms with van der Waals surface area (Å²) in [6, 6.07) is 9.05. The molecule has 0 N–H and O–H groups in total. The number of hydrogen-bond acceptors (Lipinski definition) is 4. The summed E-state index contributed by atoms with van der Waals surface area (Å²) in [7, 11) is 1.29. The van der Waals surface area contributed by atoms with Crippen LogP contribution in [0.3, 0.4) is 0 Å². The van der Waals surface area contributed by atoms with Gasteiger partial charge < -0.3 is 14.1 Å². The van der Waals surface area contributed by atoms with Crippen LogP contribution in [0.15, 0.2) is 34.7 Å². The number of likely N-dealkylation sites (N-methyl/N-ethyl adjacent to an activating group) is 1. The maximum Gasteiger partial charge on any atom is 0.325 e. The molecular weight excluding hydrogens is 246 g/mol. The number of hydrogen-bond donors (Lipinski definition) is 0. The Kier molecular flexibility index (Phi) is 3.85. The molecule has 2 rings (SSSR count). The Morgan fingerprint density at radius 3 is 2.68 bits per heavy atom. The molecule has 5 heteroatoms. The maximum atomic E-state index is 12.2. The third-order valence-electron chi connectivity index (χ3n) is 2.85. The second kappa shape index (κ2) is 5.56. The first-order chi connectivity index (χ1) is 9.15. The molecule has 0 bridgehead atoms. The quantitative estimate of drug-likeness (QED) is 0.790. The van der Waals surface area contributed by atoms with Gasteiger partial charge in [0.25, 0.3) is 5.91 Å². The monoisotopic (exact) mass is 261 g/mol. The zero-order valence-electron chi connectivity index (χ0n) is 10.9. The Bertz CT molecular complexity index is 569. The average molecular weight is 261 g/mol. The molecular formula is C14H15NO4. The van der Waals surface area contributed by atoms with Gasteiger partial charge in [-0.05, 0) is 19.1 Å². The van der Waals surface area contributed by atoms with E-state index in [1.54, 1.807) is 19.1 Å². The first-order valence-corrected chi connectivity index (χ1v) is 6.00. The highest BCUT2D eigenvalue weighted by Crippen LogP contribution is 2.19. The smallest absolute Gasteiger partial charge is 0.325 e. The molecule has 0 fully saturated rings. The normalized spacial score (nSPS) is 10.4. The largest absolute Gasteiger partial charge is 0.468 e. The van der Waals surface area contributed by atoms with E-state index in [1.807, 2.05) is 18.2 Å². The van der Waals surface area contributed by atoms with Crippen LogP contribution in [0.25, 0.3) is 11.0 Å². The highest BCUT2D eigenvalue weighted by atomic mass is 16.5. The highest BCUT2D eigenvalue weighted by Gasteiger charge is 2.21. The van der Waals surface area contributed by atoms with Gasteiger partial charge in [-0.25, -0.2) is 0 Å². The number of para-hydroxylation sites is 1. The minimum atomic E-state index is -0.452. The number of esters is 1. The van der Waals surface area contributed by atoms with E-state index < -0.39 is 5.97 Å². The number of rotatable bonds is 4. The van der Waals surface area contributed by atoms with E-state index in [0.29, 0.717) is 12.1 Å². The molecule has 2 aromatic rings. The molecule has 1 amide bonds. The predicted octanol–water partition coefficient (Wildman–Crippen LogP) is 2.07. The molecule has 0 aliphatic rings. The second-order valence-corrected chi connectivity index (χ2v) is 4.04. The molecule has 0 saturated heterocycles. The van der Waals surface area contributed by atoms with E-state index >= 15 is 0 Å². The molecule has 19 heavy (non-hydrogen) atoms. The van der Waals surface area contributed by atoms with Crippen LogP contribution in [-0.2, 0) is 9.53 Å². The summed E-state index contributed by atoms with van der Waals surface area (Å²) in [5, 5.41) is 0.861. The lowest BCUT2D eigenvalue weighted by Crippen LogP contribution is -2.35. The third-order valence-corrected chi connectivity index (χ3v) is 2.85. The van der Waals surface area contributed by atoms with Crippen LogP contribution in [-0.4, -0.2) is 37.0 Å². The molecule has 0 aliphatic heterocycles. The fourth-order valence-corrected chi connectivity index (χ4v) is 1.79. The van der Waals surface area contributed by atoms with Gasteiger partial charge in [-0.15, -0.1) is 0 Å². The molecule has 0 atom stereocenters. The van der Waals surface area contributed by atoms with Crippen molar-refractivity contribution < 1.29 is 18.7 Å². The molecule has 5 nitrogen and oxygen atoms in total. The van der Waals surface area contributed by atoms with Crippen LogP contribution in [0.5, 0.6) is 0 Å². The third kappa shape index (κ3) is 2.76. The highest BCUT2D eigenvalue weighted by molar-refractivity contribution is 5.97. The van der Waals surface area contributed by atoms with Gasteiger partial charge >= 0.3 is 5.97 Å². The van der Waals surface area contributed by atoms with Gasteiger partial charge in [0.2, 0.25) is 0 Å². The van der Waals surface area contributed by atoms with Crippen LogP contribution in [0.2, 0.25) is 0 Å². The molecule has 0 aliphatic carbocycles. The SMILES string of the molecule is CCN(CC(=O)OC)C(=O)c1cc2ccccc2o1. The molecule has 0 spiro atoms. The average Bonchev–Trinajstić information content (AvgIpc) is 2.87. The summed E-state index contributed by atoms with van der Waals surface area (Å²) < 4.78 is 10.0. The van der Waals surface area contributed by atoms with Crippen molar-refractivity contribution in [3.05, 3.63) is 36.1 Å². The van der Waals surface area contributed by atoms with Crippen molar-refractivity contribution in [3.63, 3.8) is 0 Å². The Morgan fingerprint density at radius 2 is 2.05 bits per heavy atom. The van der Waals surface area contributed by atoms with Gasteiger partial charge in [0.1, 0.15) is 12.1 Å². The van der Waals surface area contributed by atoms with Crippen molar-refractivity contribution in [1.29, 1.82) is 0 Å². The number of nitrogens with zero attached hydrogens (tertiary/aromatic N) is 1. The van der Waals surface area contributed by atoms with Gasteiger partial charge in [-0.2, -0.15) is 0 Å². The van der Waals surface area contributed by atoms with Gasteiger partial charge in [-0.1, -0.05) is 18.2 Å². The molecule has 0 radical (unpaired) electrons. The van der Waals surface area contributed by atoms with E-state index in [2.05, 4.69) is 4.74 Å². The van der Waals surface area contributed by atoms with Crippen LogP contribution in [0.4, 0.5) is 0 Å². The minimum Gasteiger partial charge on any atom is -0.468 e. The summed E-state index contributed by atoms with van der Waals surface area (Å²) in [5.41, 5.74) is 0.653. The number of ether oxygens (including phenoxy) is 1. The number of carbonyl (C=O) groups is 2. The number of fused-ring (bicyclic) bond motifs is 1. The number of benzene rings is 1. The summed E-state index contributed by atoms with van der Waals surface area (Å²) in [4.78, 5) is 24.8. The Balaban J connectivity index is 2.23. The first-order valence-electron chi connectivity index (χ1n) is 6.00. The van der Waals surface area contributed by atoms with Crippen molar-refractivity contribution >= 4 is 22.8 Å². The maximum absolute atomic E-state index is 12.2. The lowest BCUT2D eigenvalue weighted by Gasteiger charge is -2.17. The van der Waals surface area contributed by atoms with E-state index in [-0.39, 0.29) is 18.2 Å². The predicted molar refractivity (Wildman–Crippen MR) is 69.8 cm³/mol. The van der Waals surface area contributed by atoms with Crippen molar-refractivity contribution in [3.8, 4) is 0 Å². The van der Waals surface area contributed by atoms with Gasteiger partial charge in [0.15, 0.2) is 5.76 Å². The Morgan fingerprint density at radius 1 is 1.32 bits per heavy atom. The van der Waals surface area contributed by atoms with Crippen LogP contribution >= 0.6 is 0 Å². The summed E-state index contributed by atoms with van der Waals surface area (Å²) in [6.45, 7) is 2.12. The van der Waals surface area contributed by atoms with E-state index in [1.165, 1.54) is 12.0 Å². The molecule has 0 unspecified atom stereocenters. The van der Waals surface area contributed by atoms with Crippen molar-refractivity contribution in [1.82, 2.24) is 4.90 Å². The van der Waals surface area contributed by atoms with Crippen LogP contribution in [0.1, 0.15) is 17.5 Å². The topological polar surface area (TPSA) is 59.8 Å². The number of amides is 1. The van der Waals surface area contributed by atoms with Gasteiger partial charge in [-0.3, -0.25) is 9.59 Å². The summed E-state index contributed by atoms with van der Waals surface area (Å²) >= 11 is 0. The zero-order valence-corrected chi connectivity index (χ0v) is 10.9. The van der Waals surface area contributed by atoms with Crippen LogP contribution in [0, 0.1) is 0 Å². The molecule has 1 aromatic heterocycles. The summed E-state index contributed by atoms with van der Waals surface area (Å²) in [5.74, 6) is -0.539. The van der Waals surface area contributed by atoms with Crippen molar-refractivity contribution in [2.75, 3.05) is 20.2 Å². The lowest BCUT2D eigenvalue weighted by atomic mass is 10.2. The number of carbonyl (C=O) groups excluding carboxylic acids is 2. The first kappa shape index (κ1) is 13.1. The molecule has 1 heterocycles. The molecule has 100 valence electrons. The van der Waals surface area contributed by atoms with E-state index in [4.69, 9.17) is 4.42 Å². The molecule has 0 saturated carbocycles. The molecule has 1 aromatic carbocycles. The van der Waals surface area contributed by atoms with Crippen LogP contribution < -0.4 is 0 Å². The number of methoxy groups -OCH3 is 1. The second-order valence-electron chi connectivity index (χ2n) is 4.04. The fraction of sp³-hybridized carbons (Fsp3) is 0.286. The van der Waals surface area contributed by atoms with E-state index in [9.17, 15) is 9.59 Å². The van der Waals surface area contributed by atoms with Gasteiger partial charge in [0.05, 0.1) is 7.11 Å². The van der Waals surface area contributed by atoms with Gasteiger partial charge in [0, 0.05) is 11.9 Å². The minimum absolute atomic E-state index is 0.0805.